The molecule has 25 heavy (non-hydrogen) atoms. The van der Waals surface area contributed by atoms with Gasteiger partial charge < -0.3 is 5.73 Å². The summed E-state index contributed by atoms with van der Waals surface area (Å²) in [5, 5.41) is 17.5. The Morgan fingerprint density at radius 2 is 1.96 bits per heavy atom. The van der Waals surface area contributed by atoms with Crippen LogP contribution in [0.25, 0.3) is 5.69 Å². The first-order valence-electron chi connectivity index (χ1n) is 6.80. The van der Waals surface area contributed by atoms with E-state index in [0.717, 1.165) is 11.3 Å². The number of carbonyl (C=O) groups is 2. The van der Waals surface area contributed by atoms with E-state index in [-0.39, 0.29) is 21.3 Å². The zero-order valence-electron chi connectivity index (χ0n) is 12.4. The van der Waals surface area contributed by atoms with Crippen molar-refractivity contribution in [1.29, 1.82) is 0 Å². The number of benzene rings is 1. The van der Waals surface area contributed by atoms with Crippen LogP contribution in [0.4, 0.5) is 10.8 Å². The quantitative estimate of drug-likeness (QED) is 0.523. The highest BCUT2D eigenvalue weighted by Crippen LogP contribution is 2.19. The van der Waals surface area contributed by atoms with Gasteiger partial charge in [0.05, 0.1) is 28.6 Å². The summed E-state index contributed by atoms with van der Waals surface area (Å²) in [6.07, 6.45) is 4.10. The number of nitrogens with one attached hydrogen (secondary N) is 1. The lowest BCUT2D eigenvalue weighted by molar-refractivity contribution is -0.384. The molecule has 126 valence electrons. The number of nitrogens with zero attached hydrogens (tertiary/aromatic N) is 4. The fourth-order valence-electron chi connectivity index (χ4n) is 1.92. The molecule has 0 aliphatic carbocycles. The second kappa shape index (κ2) is 6.49. The molecule has 0 bridgehead atoms. The number of hydrogen-bond donors (Lipinski definition) is 2. The highest BCUT2D eigenvalue weighted by atomic mass is 32.1. The maximum atomic E-state index is 12.2. The van der Waals surface area contributed by atoms with Crippen LogP contribution in [0.5, 0.6) is 0 Å². The lowest BCUT2D eigenvalue weighted by Gasteiger charge is -2.00. The van der Waals surface area contributed by atoms with Crippen LogP contribution in [0, 0.1) is 10.1 Å². The Balaban J connectivity index is 1.74. The van der Waals surface area contributed by atoms with Gasteiger partial charge in [0.25, 0.3) is 17.5 Å². The van der Waals surface area contributed by atoms with Crippen molar-refractivity contribution in [3.8, 4) is 5.69 Å². The van der Waals surface area contributed by atoms with E-state index in [1.54, 1.807) is 0 Å². The van der Waals surface area contributed by atoms with Crippen LogP contribution in [-0.4, -0.2) is 31.5 Å². The van der Waals surface area contributed by atoms with E-state index in [9.17, 15) is 19.7 Å². The minimum Gasteiger partial charge on any atom is -0.365 e. The predicted octanol–water partition coefficient (Wildman–Crippen LogP) is 1.59. The molecule has 0 spiro atoms. The average Bonchev–Trinajstić information content (AvgIpc) is 3.24. The number of carbonyl (C=O) groups excluding carboxylic acids is 2. The first-order valence-corrected chi connectivity index (χ1v) is 7.62. The molecule has 1 aromatic carbocycles. The number of amides is 2. The molecule has 0 atom stereocenters. The fourth-order valence-corrected chi connectivity index (χ4v) is 2.59. The summed E-state index contributed by atoms with van der Waals surface area (Å²) in [4.78, 5) is 37.5. The first-order chi connectivity index (χ1) is 11.9. The lowest BCUT2D eigenvalue weighted by Crippen LogP contribution is -2.10. The Kier molecular flexibility index (Phi) is 4.22. The summed E-state index contributed by atoms with van der Waals surface area (Å²) < 4.78 is 1.41. The van der Waals surface area contributed by atoms with Crippen LogP contribution in [0.3, 0.4) is 0 Å². The first kappa shape index (κ1) is 16.3. The number of thiazole rings is 1. The van der Waals surface area contributed by atoms with Crippen LogP contribution < -0.4 is 11.1 Å². The van der Waals surface area contributed by atoms with E-state index in [1.807, 2.05) is 0 Å². The minimum atomic E-state index is -0.621. The Bertz CT molecular complexity index is 962. The molecule has 0 saturated carbocycles. The monoisotopic (exact) mass is 358 g/mol. The molecule has 0 fully saturated rings. The van der Waals surface area contributed by atoms with Crippen LogP contribution in [0.1, 0.15) is 20.0 Å². The van der Waals surface area contributed by atoms with Crippen molar-refractivity contribution in [3.63, 3.8) is 0 Å². The Morgan fingerprint density at radius 3 is 2.56 bits per heavy atom. The molecule has 10 nitrogen and oxygen atoms in total. The third-order valence-electron chi connectivity index (χ3n) is 3.14. The number of hydrogen-bond acceptors (Lipinski definition) is 7. The Morgan fingerprint density at radius 1 is 1.24 bits per heavy atom. The Hall–Kier alpha value is -3.60. The maximum absolute atomic E-state index is 12.2. The fraction of sp³-hybridized carbons (Fsp3) is 0. The number of anilines is 1. The molecule has 0 unspecified atom stereocenters. The van der Waals surface area contributed by atoms with Gasteiger partial charge in [-0.25, -0.2) is 9.67 Å². The lowest BCUT2D eigenvalue weighted by atomic mass is 10.3. The number of nitrogens with two attached hydrogens (primary N) is 1. The van der Waals surface area contributed by atoms with Gasteiger partial charge in [-0.1, -0.05) is 11.3 Å². The van der Waals surface area contributed by atoms with E-state index >= 15 is 0 Å². The molecule has 0 aliphatic rings. The van der Waals surface area contributed by atoms with E-state index in [4.69, 9.17) is 5.73 Å². The molecule has 3 N–H and O–H groups in total. The Labute approximate surface area is 144 Å². The molecule has 0 aliphatic heterocycles. The number of aromatic nitrogens is 3. The van der Waals surface area contributed by atoms with Crippen molar-refractivity contribution >= 4 is 34.0 Å². The highest BCUT2D eigenvalue weighted by molar-refractivity contribution is 7.17. The molecule has 2 heterocycles. The van der Waals surface area contributed by atoms with Crippen molar-refractivity contribution in [2.24, 2.45) is 5.73 Å². The summed E-state index contributed by atoms with van der Waals surface area (Å²) in [5.74, 6) is -1.08. The predicted molar refractivity (Wildman–Crippen MR) is 88.8 cm³/mol. The molecular weight excluding hydrogens is 348 g/mol. The van der Waals surface area contributed by atoms with Crippen molar-refractivity contribution in [2.45, 2.75) is 0 Å². The zero-order chi connectivity index (χ0) is 18.0. The van der Waals surface area contributed by atoms with Gasteiger partial charge in [-0.05, 0) is 12.1 Å². The molecule has 11 heteroatoms. The molecular formula is C14H10N6O4S. The van der Waals surface area contributed by atoms with Crippen molar-refractivity contribution in [3.05, 3.63) is 63.4 Å². The van der Waals surface area contributed by atoms with E-state index < -0.39 is 16.7 Å². The van der Waals surface area contributed by atoms with E-state index in [2.05, 4.69) is 15.4 Å². The van der Waals surface area contributed by atoms with Crippen molar-refractivity contribution < 1.29 is 14.5 Å². The standard InChI is InChI=1S/C14H10N6O4S/c15-12(21)11-6-16-14(25-11)18-13(22)8-5-17-19(7-8)9-1-3-10(4-2-9)20(23)24/h1-7H,(H2,15,21)(H,16,18,22). The normalized spacial score (nSPS) is 10.4. The van der Waals surface area contributed by atoms with Crippen molar-refractivity contribution in [2.75, 3.05) is 5.32 Å². The maximum Gasteiger partial charge on any atom is 0.269 e. The second-order valence-corrected chi connectivity index (χ2v) is 5.83. The van der Waals surface area contributed by atoms with Crippen LogP contribution in [0.15, 0.2) is 42.9 Å². The third kappa shape index (κ3) is 3.50. The number of nitro groups is 1. The van der Waals surface area contributed by atoms with Gasteiger partial charge in [0.2, 0.25) is 0 Å². The van der Waals surface area contributed by atoms with Gasteiger partial charge >= 0.3 is 0 Å². The minimum absolute atomic E-state index is 0.0390. The number of primary amides is 1. The highest BCUT2D eigenvalue weighted by Gasteiger charge is 2.14. The molecule has 2 amide bonds. The summed E-state index contributed by atoms with van der Waals surface area (Å²) in [6, 6.07) is 5.73. The summed E-state index contributed by atoms with van der Waals surface area (Å²) in [5.41, 5.74) is 5.91. The van der Waals surface area contributed by atoms with E-state index in [0.29, 0.717) is 5.69 Å². The average molecular weight is 358 g/mol. The van der Waals surface area contributed by atoms with Crippen LogP contribution >= 0.6 is 11.3 Å². The molecule has 3 rings (SSSR count). The second-order valence-electron chi connectivity index (χ2n) is 4.80. The molecule has 3 aromatic rings. The summed E-state index contributed by atoms with van der Waals surface area (Å²) >= 11 is 0.963. The number of non-ortho nitro benzene ring substituents is 1. The third-order valence-corrected chi connectivity index (χ3v) is 4.07. The summed E-state index contributed by atoms with van der Waals surface area (Å²) in [6.45, 7) is 0. The van der Waals surface area contributed by atoms with Gasteiger partial charge in [-0.15, -0.1) is 0 Å². The largest absolute Gasteiger partial charge is 0.365 e. The molecule has 2 aromatic heterocycles. The zero-order valence-corrected chi connectivity index (χ0v) is 13.3. The van der Waals surface area contributed by atoms with Gasteiger partial charge in [0, 0.05) is 18.3 Å². The smallest absolute Gasteiger partial charge is 0.269 e. The molecule has 0 radical (unpaired) electrons. The van der Waals surface area contributed by atoms with Gasteiger partial charge in [0.15, 0.2) is 5.13 Å². The van der Waals surface area contributed by atoms with Crippen molar-refractivity contribution in [1.82, 2.24) is 14.8 Å². The van der Waals surface area contributed by atoms with Gasteiger partial charge in [0.1, 0.15) is 4.88 Å². The molecule has 0 saturated heterocycles. The topological polar surface area (TPSA) is 146 Å². The van der Waals surface area contributed by atoms with Gasteiger partial charge in [-0.3, -0.25) is 25.0 Å². The van der Waals surface area contributed by atoms with E-state index in [1.165, 1.54) is 47.5 Å². The van der Waals surface area contributed by atoms with Crippen LogP contribution in [-0.2, 0) is 0 Å². The van der Waals surface area contributed by atoms with Gasteiger partial charge in [-0.2, -0.15) is 5.10 Å². The SMILES string of the molecule is NC(=O)c1cnc(NC(=O)c2cnn(-c3ccc([N+](=O)[O-])cc3)c2)s1. The number of rotatable bonds is 5. The van der Waals surface area contributed by atoms with Crippen LogP contribution in [0.2, 0.25) is 0 Å². The number of nitro benzene ring substituents is 1. The summed E-state index contributed by atoms with van der Waals surface area (Å²) in [7, 11) is 0.